The third-order valence-corrected chi connectivity index (χ3v) is 4.21. The highest BCUT2D eigenvalue weighted by Gasteiger charge is 2.12. The summed E-state index contributed by atoms with van der Waals surface area (Å²) in [6.45, 7) is 4.22. The van der Waals surface area contributed by atoms with Crippen molar-refractivity contribution in [2.75, 3.05) is 5.32 Å². The largest absolute Gasteiger partial charge is 0.322 e. The highest BCUT2D eigenvalue weighted by Crippen LogP contribution is 2.17. The number of anilines is 1. The van der Waals surface area contributed by atoms with Crippen LogP contribution in [0.3, 0.4) is 0 Å². The summed E-state index contributed by atoms with van der Waals surface area (Å²) in [6, 6.07) is 14.2. The average molecular weight is 346 g/mol. The van der Waals surface area contributed by atoms with E-state index in [4.69, 9.17) is 5.14 Å². The van der Waals surface area contributed by atoms with Crippen molar-refractivity contribution < 1.29 is 13.2 Å². The summed E-state index contributed by atoms with van der Waals surface area (Å²) >= 11 is 0. The van der Waals surface area contributed by atoms with Crippen LogP contribution in [0, 0.1) is 5.92 Å². The van der Waals surface area contributed by atoms with Gasteiger partial charge in [0.05, 0.1) is 5.75 Å². The van der Waals surface area contributed by atoms with Crippen LogP contribution in [0.1, 0.15) is 35.3 Å². The van der Waals surface area contributed by atoms with Crippen LogP contribution in [0.25, 0.3) is 0 Å². The van der Waals surface area contributed by atoms with Gasteiger partial charge in [-0.15, -0.1) is 0 Å². The Hall–Kier alpha value is -2.18. The van der Waals surface area contributed by atoms with Crippen molar-refractivity contribution in [3.05, 3.63) is 65.2 Å². The second-order valence-corrected chi connectivity index (χ2v) is 7.83. The van der Waals surface area contributed by atoms with Crippen molar-refractivity contribution >= 4 is 21.6 Å². The summed E-state index contributed by atoms with van der Waals surface area (Å²) in [5, 5.41) is 7.86. The van der Waals surface area contributed by atoms with Gasteiger partial charge in [0.2, 0.25) is 10.0 Å². The zero-order chi connectivity index (χ0) is 17.7. The van der Waals surface area contributed by atoms with Gasteiger partial charge in [0.25, 0.3) is 5.91 Å². The normalized spacial score (nSPS) is 11.5. The molecule has 0 aliphatic heterocycles. The van der Waals surface area contributed by atoms with Gasteiger partial charge in [0.15, 0.2) is 0 Å². The second kappa shape index (κ2) is 7.59. The Balaban J connectivity index is 2.13. The zero-order valence-electron chi connectivity index (χ0n) is 13.8. The van der Waals surface area contributed by atoms with Crippen molar-refractivity contribution in [2.24, 2.45) is 11.1 Å². The first-order valence-electron chi connectivity index (χ1n) is 7.73. The number of carbonyl (C=O) groups is 1. The highest BCUT2D eigenvalue weighted by atomic mass is 32.2. The number of hydrogen-bond acceptors (Lipinski definition) is 3. The van der Waals surface area contributed by atoms with E-state index in [1.165, 1.54) is 0 Å². The predicted molar refractivity (Wildman–Crippen MR) is 96.2 cm³/mol. The zero-order valence-corrected chi connectivity index (χ0v) is 14.6. The van der Waals surface area contributed by atoms with Gasteiger partial charge in [-0.05, 0) is 41.7 Å². The summed E-state index contributed by atoms with van der Waals surface area (Å²) in [5.41, 5.74) is 2.85. The maximum atomic E-state index is 12.5. The van der Waals surface area contributed by atoms with Crippen molar-refractivity contribution in [3.8, 4) is 0 Å². The molecule has 0 spiro atoms. The van der Waals surface area contributed by atoms with E-state index >= 15 is 0 Å². The van der Waals surface area contributed by atoms with E-state index in [0.717, 1.165) is 12.0 Å². The van der Waals surface area contributed by atoms with Gasteiger partial charge < -0.3 is 5.32 Å². The Morgan fingerprint density at radius 1 is 1.08 bits per heavy atom. The van der Waals surface area contributed by atoms with E-state index in [-0.39, 0.29) is 11.7 Å². The van der Waals surface area contributed by atoms with E-state index in [1.807, 2.05) is 24.3 Å². The Kier molecular flexibility index (Phi) is 5.75. The Morgan fingerprint density at radius 3 is 2.29 bits per heavy atom. The Bertz CT molecular complexity index is 812. The van der Waals surface area contributed by atoms with Crippen LogP contribution < -0.4 is 10.5 Å². The standard InChI is InChI=1S/C18H22N2O3S/c1-13(2)11-15-5-3-4-6-17(15)18(21)20-16-9-7-14(8-10-16)12-24(19,22)23/h3-10,13H,11-12H2,1-2H3,(H,20,21)(H2,19,22,23). The van der Waals surface area contributed by atoms with Crippen molar-refractivity contribution in [2.45, 2.75) is 26.0 Å². The van der Waals surface area contributed by atoms with Gasteiger partial charge in [0, 0.05) is 11.3 Å². The fourth-order valence-corrected chi connectivity index (χ4v) is 3.13. The molecule has 2 aromatic rings. The monoisotopic (exact) mass is 346 g/mol. The van der Waals surface area contributed by atoms with Gasteiger partial charge in [0.1, 0.15) is 0 Å². The van der Waals surface area contributed by atoms with Crippen molar-refractivity contribution in [3.63, 3.8) is 0 Å². The van der Waals surface area contributed by atoms with E-state index in [0.29, 0.717) is 22.7 Å². The third-order valence-electron chi connectivity index (χ3n) is 3.47. The quantitative estimate of drug-likeness (QED) is 0.843. The number of rotatable bonds is 6. The first-order chi connectivity index (χ1) is 11.2. The summed E-state index contributed by atoms with van der Waals surface area (Å²) in [4.78, 5) is 12.5. The number of carbonyl (C=O) groups excluding carboxylic acids is 1. The van der Waals surface area contributed by atoms with Crippen molar-refractivity contribution in [1.82, 2.24) is 0 Å². The Morgan fingerprint density at radius 2 is 1.71 bits per heavy atom. The molecule has 128 valence electrons. The minimum Gasteiger partial charge on any atom is -0.322 e. The smallest absolute Gasteiger partial charge is 0.255 e. The molecule has 0 saturated heterocycles. The average Bonchev–Trinajstić information content (AvgIpc) is 2.47. The van der Waals surface area contributed by atoms with Crippen LogP contribution in [-0.2, 0) is 22.2 Å². The lowest BCUT2D eigenvalue weighted by Crippen LogP contribution is -2.16. The van der Waals surface area contributed by atoms with Crippen LogP contribution in [0.4, 0.5) is 5.69 Å². The van der Waals surface area contributed by atoms with Gasteiger partial charge in [-0.1, -0.05) is 44.2 Å². The molecule has 0 atom stereocenters. The maximum absolute atomic E-state index is 12.5. The molecule has 0 radical (unpaired) electrons. The molecule has 0 fully saturated rings. The summed E-state index contributed by atoms with van der Waals surface area (Å²) in [5.74, 6) is 0.0558. The SMILES string of the molecule is CC(C)Cc1ccccc1C(=O)Nc1ccc(CS(N)(=O)=O)cc1. The lowest BCUT2D eigenvalue weighted by molar-refractivity contribution is 0.102. The van der Waals surface area contributed by atoms with Gasteiger partial charge in [-0.2, -0.15) is 0 Å². The second-order valence-electron chi connectivity index (χ2n) is 6.21. The molecule has 1 amide bonds. The van der Waals surface area contributed by atoms with Crippen LogP contribution in [0.15, 0.2) is 48.5 Å². The van der Waals surface area contributed by atoms with Crippen LogP contribution in [-0.4, -0.2) is 14.3 Å². The third kappa shape index (κ3) is 5.47. The molecule has 0 saturated carbocycles. The number of hydrogen-bond donors (Lipinski definition) is 2. The molecule has 24 heavy (non-hydrogen) atoms. The van der Waals surface area contributed by atoms with Gasteiger partial charge >= 0.3 is 0 Å². The molecular formula is C18H22N2O3S. The van der Waals surface area contributed by atoms with E-state index in [1.54, 1.807) is 24.3 Å². The number of benzene rings is 2. The first-order valence-corrected chi connectivity index (χ1v) is 9.45. The lowest BCUT2D eigenvalue weighted by atomic mass is 9.97. The minimum atomic E-state index is -3.56. The van der Waals surface area contributed by atoms with Crippen LogP contribution >= 0.6 is 0 Å². The molecule has 0 unspecified atom stereocenters. The molecule has 0 aromatic heterocycles. The molecule has 0 aliphatic carbocycles. The number of nitrogens with two attached hydrogens (primary N) is 1. The number of amides is 1. The number of nitrogens with one attached hydrogen (secondary N) is 1. The minimum absolute atomic E-state index is 0.176. The first kappa shape index (κ1) is 18.2. The fraction of sp³-hybridized carbons (Fsp3) is 0.278. The van der Waals surface area contributed by atoms with Crippen LogP contribution in [0.2, 0.25) is 0 Å². The highest BCUT2D eigenvalue weighted by molar-refractivity contribution is 7.88. The summed E-state index contributed by atoms with van der Waals surface area (Å²) in [6.07, 6.45) is 0.830. The van der Waals surface area contributed by atoms with Gasteiger partial charge in [-0.25, -0.2) is 13.6 Å². The maximum Gasteiger partial charge on any atom is 0.255 e. The van der Waals surface area contributed by atoms with E-state index in [9.17, 15) is 13.2 Å². The summed E-state index contributed by atoms with van der Waals surface area (Å²) in [7, 11) is -3.56. The van der Waals surface area contributed by atoms with E-state index < -0.39 is 10.0 Å². The molecule has 0 heterocycles. The van der Waals surface area contributed by atoms with Crippen LogP contribution in [0.5, 0.6) is 0 Å². The molecule has 6 heteroatoms. The molecule has 0 bridgehead atoms. The molecule has 5 nitrogen and oxygen atoms in total. The molecular weight excluding hydrogens is 324 g/mol. The number of sulfonamides is 1. The molecule has 2 aromatic carbocycles. The molecule has 2 rings (SSSR count). The molecule has 0 aliphatic rings. The van der Waals surface area contributed by atoms with Gasteiger partial charge in [-0.3, -0.25) is 4.79 Å². The Labute approximate surface area is 142 Å². The molecule has 3 N–H and O–H groups in total. The lowest BCUT2D eigenvalue weighted by Gasteiger charge is -2.12. The summed E-state index contributed by atoms with van der Waals surface area (Å²) < 4.78 is 22.2. The predicted octanol–water partition coefficient (Wildman–Crippen LogP) is 2.93. The number of primary sulfonamides is 1. The fourth-order valence-electron chi connectivity index (χ4n) is 2.47. The topological polar surface area (TPSA) is 89.3 Å². The van der Waals surface area contributed by atoms with E-state index in [2.05, 4.69) is 19.2 Å². The van der Waals surface area contributed by atoms with Crippen molar-refractivity contribution in [1.29, 1.82) is 0 Å².